The van der Waals surface area contributed by atoms with Crippen LogP contribution in [0.15, 0.2) is 4.52 Å². The molecule has 1 unspecified atom stereocenters. The van der Waals surface area contributed by atoms with Crippen LogP contribution in [0.4, 0.5) is 0 Å². The van der Waals surface area contributed by atoms with Crippen molar-refractivity contribution in [1.29, 1.82) is 0 Å². The van der Waals surface area contributed by atoms with Gasteiger partial charge in [-0.3, -0.25) is 4.79 Å². The molecule has 0 saturated heterocycles. The van der Waals surface area contributed by atoms with Crippen LogP contribution in [0.25, 0.3) is 0 Å². The van der Waals surface area contributed by atoms with Gasteiger partial charge in [0.25, 0.3) is 5.91 Å². The van der Waals surface area contributed by atoms with Crippen LogP contribution in [0.2, 0.25) is 0 Å². The number of hydrogen-bond acceptors (Lipinski definition) is 4. The molecule has 5 heteroatoms. The van der Waals surface area contributed by atoms with Crippen molar-refractivity contribution in [3.8, 4) is 0 Å². The standard InChI is InChI=1S/C13H19N3O2/c14-8-5-6-11-10(7-8)12(16-18-11)13(17)15-9-3-1-2-4-9/h8-9H,1-7,14H2,(H,15,17). The van der Waals surface area contributed by atoms with Gasteiger partial charge in [0.2, 0.25) is 0 Å². The lowest BCUT2D eigenvalue weighted by Gasteiger charge is -2.17. The quantitative estimate of drug-likeness (QED) is 0.824. The van der Waals surface area contributed by atoms with Crippen LogP contribution in [0.3, 0.4) is 0 Å². The van der Waals surface area contributed by atoms with E-state index in [1.54, 1.807) is 0 Å². The molecular weight excluding hydrogens is 230 g/mol. The Morgan fingerprint density at radius 1 is 1.33 bits per heavy atom. The SMILES string of the molecule is NC1CCc2onc(C(=O)NC3CCCC3)c2C1. The number of rotatable bonds is 2. The number of nitrogens with zero attached hydrogens (tertiary/aromatic N) is 1. The second kappa shape index (κ2) is 4.72. The van der Waals surface area contributed by atoms with Crippen molar-refractivity contribution in [2.45, 2.75) is 57.0 Å². The lowest BCUT2D eigenvalue weighted by atomic mass is 9.92. The lowest BCUT2D eigenvalue weighted by Crippen LogP contribution is -2.34. The lowest BCUT2D eigenvalue weighted by molar-refractivity contribution is 0.0928. The number of nitrogens with two attached hydrogens (primary N) is 1. The maximum absolute atomic E-state index is 12.2. The van der Waals surface area contributed by atoms with Crippen molar-refractivity contribution in [3.05, 3.63) is 17.0 Å². The third-order valence-electron chi connectivity index (χ3n) is 3.98. The van der Waals surface area contributed by atoms with Gasteiger partial charge in [0.15, 0.2) is 5.69 Å². The molecule has 1 atom stereocenters. The molecule has 98 valence electrons. The summed E-state index contributed by atoms with van der Waals surface area (Å²) in [6.45, 7) is 0. The molecule has 0 bridgehead atoms. The van der Waals surface area contributed by atoms with Crippen molar-refractivity contribution in [2.24, 2.45) is 5.73 Å². The van der Waals surface area contributed by atoms with Gasteiger partial charge in [-0.25, -0.2) is 0 Å². The molecule has 3 rings (SSSR count). The minimum absolute atomic E-state index is 0.0963. The van der Waals surface area contributed by atoms with Crippen molar-refractivity contribution in [3.63, 3.8) is 0 Å². The molecule has 0 aliphatic heterocycles. The van der Waals surface area contributed by atoms with Crippen LogP contribution in [-0.2, 0) is 12.8 Å². The first kappa shape index (κ1) is 11.7. The summed E-state index contributed by atoms with van der Waals surface area (Å²) >= 11 is 0. The molecule has 0 radical (unpaired) electrons. The summed E-state index contributed by atoms with van der Waals surface area (Å²) in [5.41, 5.74) is 7.31. The number of nitrogens with one attached hydrogen (secondary N) is 1. The Bertz CT molecular complexity index is 449. The van der Waals surface area contributed by atoms with E-state index in [2.05, 4.69) is 10.5 Å². The second-order valence-electron chi connectivity index (χ2n) is 5.39. The highest BCUT2D eigenvalue weighted by Gasteiger charge is 2.28. The van der Waals surface area contributed by atoms with Crippen LogP contribution < -0.4 is 11.1 Å². The molecule has 1 aromatic rings. The van der Waals surface area contributed by atoms with Crippen LogP contribution >= 0.6 is 0 Å². The summed E-state index contributed by atoms with van der Waals surface area (Å²) in [4.78, 5) is 12.2. The van der Waals surface area contributed by atoms with Gasteiger partial charge in [-0.05, 0) is 25.7 Å². The largest absolute Gasteiger partial charge is 0.360 e. The zero-order valence-corrected chi connectivity index (χ0v) is 10.4. The zero-order chi connectivity index (χ0) is 12.5. The van der Waals surface area contributed by atoms with Crippen molar-refractivity contribution < 1.29 is 9.32 Å². The average Bonchev–Trinajstić information content (AvgIpc) is 2.97. The van der Waals surface area contributed by atoms with Gasteiger partial charge in [0, 0.05) is 24.1 Å². The number of carbonyl (C=O) groups is 1. The fourth-order valence-electron chi connectivity index (χ4n) is 2.93. The van der Waals surface area contributed by atoms with Crippen molar-refractivity contribution in [1.82, 2.24) is 10.5 Å². The van der Waals surface area contributed by atoms with E-state index in [0.29, 0.717) is 18.2 Å². The molecule has 0 aromatic carbocycles. The smallest absolute Gasteiger partial charge is 0.273 e. The van der Waals surface area contributed by atoms with Gasteiger partial charge < -0.3 is 15.6 Å². The Balaban J connectivity index is 1.75. The third kappa shape index (κ3) is 2.14. The molecule has 1 saturated carbocycles. The average molecular weight is 249 g/mol. The van der Waals surface area contributed by atoms with Crippen LogP contribution in [-0.4, -0.2) is 23.1 Å². The number of fused-ring (bicyclic) bond motifs is 1. The minimum atomic E-state index is -0.0963. The molecule has 1 aromatic heterocycles. The first-order valence-electron chi connectivity index (χ1n) is 6.78. The number of aromatic nitrogens is 1. The third-order valence-corrected chi connectivity index (χ3v) is 3.98. The van der Waals surface area contributed by atoms with Gasteiger partial charge in [-0.1, -0.05) is 18.0 Å². The molecule has 1 amide bonds. The number of amides is 1. The highest BCUT2D eigenvalue weighted by Crippen LogP contribution is 2.24. The van der Waals surface area contributed by atoms with Gasteiger partial charge in [-0.2, -0.15) is 0 Å². The summed E-state index contributed by atoms with van der Waals surface area (Å²) in [5.74, 6) is 0.745. The van der Waals surface area contributed by atoms with Crippen molar-refractivity contribution >= 4 is 5.91 Å². The normalized spacial score (nSPS) is 23.9. The Kier molecular flexibility index (Phi) is 3.07. The first-order chi connectivity index (χ1) is 8.74. The van der Waals surface area contributed by atoms with E-state index in [-0.39, 0.29) is 11.9 Å². The molecule has 3 N–H and O–H groups in total. The molecule has 2 aliphatic carbocycles. The molecule has 5 nitrogen and oxygen atoms in total. The number of carbonyl (C=O) groups excluding carboxylic acids is 1. The summed E-state index contributed by atoms with van der Waals surface area (Å²) in [6.07, 6.45) is 6.95. The van der Waals surface area contributed by atoms with Gasteiger partial charge in [0.05, 0.1) is 0 Å². The van der Waals surface area contributed by atoms with Gasteiger partial charge >= 0.3 is 0 Å². The molecule has 18 heavy (non-hydrogen) atoms. The van der Waals surface area contributed by atoms with E-state index >= 15 is 0 Å². The summed E-state index contributed by atoms with van der Waals surface area (Å²) in [6, 6.07) is 0.428. The van der Waals surface area contributed by atoms with E-state index in [1.807, 2.05) is 0 Å². The van der Waals surface area contributed by atoms with Gasteiger partial charge in [0.1, 0.15) is 5.76 Å². The summed E-state index contributed by atoms with van der Waals surface area (Å²) in [5, 5.41) is 6.98. The number of aryl methyl sites for hydroxylation is 1. The molecule has 2 aliphatic rings. The summed E-state index contributed by atoms with van der Waals surface area (Å²) < 4.78 is 5.25. The topological polar surface area (TPSA) is 81.2 Å². The Morgan fingerprint density at radius 3 is 2.89 bits per heavy atom. The maximum atomic E-state index is 12.2. The molecule has 1 heterocycles. The van der Waals surface area contributed by atoms with Crippen molar-refractivity contribution in [2.75, 3.05) is 0 Å². The zero-order valence-electron chi connectivity index (χ0n) is 10.4. The molecular formula is C13H19N3O2. The van der Waals surface area contributed by atoms with E-state index < -0.39 is 0 Å². The van der Waals surface area contributed by atoms with E-state index in [0.717, 1.165) is 37.0 Å². The predicted molar refractivity (Wildman–Crippen MR) is 66.2 cm³/mol. The fraction of sp³-hybridized carbons (Fsp3) is 0.692. The molecule has 1 fully saturated rings. The Morgan fingerprint density at radius 2 is 2.11 bits per heavy atom. The second-order valence-corrected chi connectivity index (χ2v) is 5.39. The highest BCUT2D eigenvalue weighted by molar-refractivity contribution is 5.94. The van der Waals surface area contributed by atoms with Gasteiger partial charge in [-0.15, -0.1) is 0 Å². The minimum Gasteiger partial charge on any atom is -0.360 e. The fourth-order valence-corrected chi connectivity index (χ4v) is 2.93. The monoisotopic (exact) mass is 249 g/mol. The van der Waals surface area contributed by atoms with E-state index in [4.69, 9.17) is 10.3 Å². The van der Waals surface area contributed by atoms with Crippen LogP contribution in [0.5, 0.6) is 0 Å². The maximum Gasteiger partial charge on any atom is 0.273 e. The Hall–Kier alpha value is -1.36. The Labute approximate surface area is 106 Å². The van der Waals surface area contributed by atoms with Crippen LogP contribution in [0.1, 0.15) is 53.9 Å². The first-order valence-corrected chi connectivity index (χ1v) is 6.78. The molecule has 0 spiro atoms. The van der Waals surface area contributed by atoms with E-state index in [1.165, 1.54) is 12.8 Å². The summed E-state index contributed by atoms with van der Waals surface area (Å²) in [7, 11) is 0. The highest BCUT2D eigenvalue weighted by atomic mass is 16.5. The predicted octanol–water partition coefficient (Wildman–Crippen LogP) is 1.16. The van der Waals surface area contributed by atoms with Crippen LogP contribution in [0, 0.1) is 0 Å². The van der Waals surface area contributed by atoms with E-state index in [9.17, 15) is 4.79 Å². The number of hydrogen-bond donors (Lipinski definition) is 2.